The zero-order valence-corrected chi connectivity index (χ0v) is 15.2. The van der Waals surface area contributed by atoms with Crippen LogP contribution in [0.3, 0.4) is 0 Å². The molecule has 2 aromatic carbocycles. The predicted octanol–water partition coefficient (Wildman–Crippen LogP) is 3.55. The maximum absolute atomic E-state index is 12.4. The van der Waals surface area contributed by atoms with Crippen molar-refractivity contribution in [3.63, 3.8) is 0 Å². The number of alkyl carbamates (subject to hydrolysis) is 1. The fourth-order valence-corrected chi connectivity index (χ4v) is 2.39. The lowest BCUT2D eigenvalue weighted by Gasteiger charge is -2.21. The summed E-state index contributed by atoms with van der Waals surface area (Å²) in [5.74, 6) is -0.0593. The average molecular weight is 353 g/mol. The average Bonchev–Trinajstić information content (AvgIpc) is 2.60. The van der Waals surface area contributed by atoms with E-state index in [1.807, 2.05) is 18.2 Å². The predicted molar refractivity (Wildman–Crippen MR) is 99.2 cm³/mol. The molecule has 5 nitrogen and oxygen atoms in total. The number of hydrogen-bond donors (Lipinski definition) is 1. The van der Waals surface area contributed by atoms with Crippen LogP contribution < -0.4 is 5.32 Å². The van der Waals surface area contributed by atoms with Gasteiger partial charge in [-0.15, -0.1) is 0 Å². The van der Waals surface area contributed by atoms with Crippen LogP contribution in [0.4, 0.5) is 4.79 Å². The van der Waals surface area contributed by atoms with Gasteiger partial charge in [-0.25, -0.2) is 4.79 Å². The Bertz CT molecular complexity index is 761. The molecule has 1 N–H and O–H groups in total. The second-order valence-electron chi connectivity index (χ2n) is 6.99. The van der Waals surface area contributed by atoms with Crippen LogP contribution in [0.15, 0.2) is 54.6 Å². The van der Waals surface area contributed by atoms with Gasteiger partial charge < -0.3 is 14.8 Å². The van der Waals surface area contributed by atoms with Crippen LogP contribution in [-0.4, -0.2) is 29.8 Å². The van der Waals surface area contributed by atoms with Gasteiger partial charge in [-0.05, 0) is 32.8 Å². The van der Waals surface area contributed by atoms with Gasteiger partial charge in [-0.1, -0.05) is 54.6 Å². The minimum atomic E-state index is -0.694. The van der Waals surface area contributed by atoms with E-state index in [0.29, 0.717) is 23.8 Å². The Balaban J connectivity index is 2.00. The van der Waals surface area contributed by atoms with Gasteiger partial charge in [0.05, 0.1) is 6.04 Å². The van der Waals surface area contributed by atoms with Gasteiger partial charge in [-0.3, -0.25) is 4.79 Å². The Morgan fingerprint density at radius 1 is 1.00 bits per heavy atom. The monoisotopic (exact) mass is 353 g/mol. The highest BCUT2D eigenvalue weighted by atomic mass is 16.6. The van der Waals surface area contributed by atoms with E-state index in [2.05, 4.69) is 5.32 Å². The minimum absolute atomic E-state index is 0.0593. The van der Waals surface area contributed by atoms with Crippen molar-refractivity contribution < 1.29 is 19.1 Å². The van der Waals surface area contributed by atoms with Crippen molar-refractivity contribution in [2.24, 2.45) is 0 Å². The molecule has 0 aliphatic carbocycles. The maximum atomic E-state index is 12.4. The second-order valence-corrected chi connectivity index (χ2v) is 6.99. The summed E-state index contributed by atoms with van der Waals surface area (Å²) in [6, 6.07) is 15.3. The molecular formula is C21H23NO4. The van der Waals surface area contributed by atoms with Gasteiger partial charge in [0, 0.05) is 11.1 Å². The Morgan fingerprint density at radius 3 is 2.12 bits per heavy atom. The molecule has 0 heterocycles. The molecule has 1 amide bonds. The fraction of sp³-hybridized carbons (Fsp3) is 0.286. The first-order valence-corrected chi connectivity index (χ1v) is 8.42. The molecule has 0 spiro atoms. The molecule has 0 radical (unpaired) electrons. The summed E-state index contributed by atoms with van der Waals surface area (Å²) in [7, 11) is 0. The maximum Gasteiger partial charge on any atom is 0.408 e. The minimum Gasteiger partial charge on any atom is -0.444 e. The molecule has 0 unspecified atom stereocenters. The smallest absolute Gasteiger partial charge is 0.408 e. The zero-order valence-electron chi connectivity index (χ0n) is 15.2. The second kappa shape index (κ2) is 8.43. The lowest BCUT2D eigenvalue weighted by Crippen LogP contribution is -2.41. The summed E-state index contributed by atoms with van der Waals surface area (Å²) in [5, 5.41) is 2.54. The van der Waals surface area contributed by atoms with Gasteiger partial charge >= 0.3 is 6.09 Å². The molecule has 2 rings (SSSR count). The number of carbonyl (C=O) groups is 3. The van der Waals surface area contributed by atoms with Crippen LogP contribution in [0.25, 0.3) is 0 Å². The SMILES string of the molecule is CC(C)(C)OC(=O)N[C@H](C=O)Cc1ccc(C(=O)c2ccccc2)cc1. The van der Waals surface area contributed by atoms with E-state index < -0.39 is 17.7 Å². The van der Waals surface area contributed by atoms with E-state index in [4.69, 9.17) is 4.74 Å². The van der Waals surface area contributed by atoms with Crippen LogP contribution in [0.1, 0.15) is 42.3 Å². The first kappa shape index (κ1) is 19.4. The van der Waals surface area contributed by atoms with E-state index in [9.17, 15) is 14.4 Å². The Morgan fingerprint density at radius 2 is 1.58 bits per heavy atom. The standard InChI is InChI=1S/C21H23NO4/c1-21(2,3)26-20(25)22-18(14-23)13-15-9-11-17(12-10-15)19(24)16-7-5-4-6-8-16/h4-12,14,18H,13H2,1-3H3,(H,22,25)/t18-/m0/s1. The van der Waals surface area contributed by atoms with Gasteiger partial charge in [0.15, 0.2) is 5.78 Å². The van der Waals surface area contributed by atoms with Gasteiger partial charge in [-0.2, -0.15) is 0 Å². The van der Waals surface area contributed by atoms with E-state index >= 15 is 0 Å². The van der Waals surface area contributed by atoms with Crippen LogP contribution >= 0.6 is 0 Å². The molecule has 26 heavy (non-hydrogen) atoms. The van der Waals surface area contributed by atoms with Crippen molar-refractivity contribution in [1.29, 1.82) is 0 Å². The molecule has 0 saturated heterocycles. The number of aldehydes is 1. The third-order valence-corrected chi connectivity index (χ3v) is 3.57. The first-order chi connectivity index (χ1) is 12.3. The number of amides is 1. The number of ketones is 1. The molecule has 136 valence electrons. The summed E-state index contributed by atoms with van der Waals surface area (Å²) in [6.45, 7) is 5.26. The molecular weight excluding hydrogens is 330 g/mol. The molecule has 1 atom stereocenters. The number of benzene rings is 2. The lowest BCUT2D eigenvalue weighted by molar-refractivity contribution is -0.109. The molecule has 0 fully saturated rings. The highest BCUT2D eigenvalue weighted by molar-refractivity contribution is 6.08. The number of carbonyl (C=O) groups excluding carboxylic acids is 3. The largest absolute Gasteiger partial charge is 0.444 e. The Hall–Kier alpha value is -2.95. The lowest BCUT2D eigenvalue weighted by atomic mass is 10.00. The molecule has 0 aliphatic heterocycles. The number of rotatable bonds is 6. The van der Waals surface area contributed by atoms with Crippen LogP contribution in [-0.2, 0) is 16.0 Å². The molecule has 0 aromatic heterocycles. The molecule has 2 aromatic rings. The van der Waals surface area contributed by atoms with Gasteiger partial charge in [0.25, 0.3) is 0 Å². The summed E-state index contributed by atoms with van der Waals surface area (Å²) in [4.78, 5) is 35.4. The fourth-order valence-electron chi connectivity index (χ4n) is 2.39. The first-order valence-electron chi connectivity index (χ1n) is 8.42. The van der Waals surface area contributed by atoms with Crippen molar-refractivity contribution in [1.82, 2.24) is 5.32 Å². The van der Waals surface area contributed by atoms with E-state index in [0.717, 1.165) is 5.56 Å². The third-order valence-electron chi connectivity index (χ3n) is 3.57. The van der Waals surface area contributed by atoms with Crippen molar-refractivity contribution in [3.8, 4) is 0 Å². The summed E-state index contributed by atoms with van der Waals surface area (Å²) in [5.41, 5.74) is 1.40. The van der Waals surface area contributed by atoms with Crippen molar-refractivity contribution >= 4 is 18.2 Å². The van der Waals surface area contributed by atoms with E-state index in [1.54, 1.807) is 57.2 Å². The van der Waals surface area contributed by atoms with Crippen LogP contribution in [0.2, 0.25) is 0 Å². The van der Waals surface area contributed by atoms with Crippen molar-refractivity contribution in [3.05, 3.63) is 71.3 Å². The zero-order chi connectivity index (χ0) is 19.2. The summed E-state index contributed by atoms with van der Waals surface area (Å²) in [6.07, 6.45) is 0.362. The van der Waals surface area contributed by atoms with Crippen molar-refractivity contribution in [2.45, 2.75) is 38.8 Å². The highest BCUT2D eigenvalue weighted by Crippen LogP contribution is 2.12. The molecule has 0 bridgehead atoms. The van der Waals surface area contributed by atoms with Crippen LogP contribution in [0.5, 0.6) is 0 Å². The summed E-state index contributed by atoms with van der Waals surface area (Å²) >= 11 is 0. The Labute approximate surface area is 153 Å². The number of ether oxygens (including phenoxy) is 1. The molecule has 5 heteroatoms. The topological polar surface area (TPSA) is 72.5 Å². The number of hydrogen-bond acceptors (Lipinski definition) is 4. The molecule has 0 saturated carbocycles. The Kier molecular flexibility index (Phi) is 6.28. The van der Waals surface area contributed by atoms with Crippen molar-refractivity contribution in [2.75, 3.05) is 0 Å². The number of nitrogens with one attached hydrogen (secondary N) is 1. The summed E-state index contributed by atoms with van der Waals surface area (Å²) < 4.78 is 5.15. The van der Waals surface area contributed by atoms with Gasteiger partial charge in [0.2, 0.25) is 0 Å². The van der Waals surface area contributed by atoms with E-state index in [1.165, 1.54) is 0 Å². The highest BCUT2D eigenvalue weighted by Gasteiger charge is 2.19. The normalized spacial score (nSPS) is 12.1. The quantitative estimate of drug-likeness (QED) is 0.637. The van der Waals surface area contributed by atoms with E-state index in [-0.39, 0.29) is 5.78 Å². The molecule has 0 aliphatic rings. The third kappa shape index (κ3) is 5.84. The van der Waals surface area contributed by atoms with Gasteiger partial charge in [0.1, 0.15) is 11.9 Å². The van der Waals surface area contributed by atoms with Crippen LogP contribution in [0, 0.1) is 0 Å².